The van der Waals surface area contributed by atoms with E-state index in [4.69, 9.17) is 10.1 Å². The zero-order valence-electron chi connectivity index (χ0n) is 21.1. The van der Waals surface area contributed by atoms with Crippen molar-refractivity contribution < 1.29 is 8.42 Å². The lowest BCUT2D eigenvalue weighted by Crippen LogP contribution is -2.47. The molecule has 13 heteroatoms. The summed E-state index contributed by atoms with van der Waals surface area (Å²) in [6, 6.07) is 4.13. The van der Waals surface area contributed by atoms with E-state index in [0.29, 0.717) is 25.5 Å². The van der Waals surface area contributed by atoms with E-state index >= 15 is 0 Å². The van der Waals surface area contributed by atoms with E-state index in [0.717, 1.165) is 48.5 Å². The average Bonchev–Trinajstić information content (AvgIpc) is 3.66. The molecule has 0 radical (unpaired) electrons. The van der Waals surface area contributed by atoms with E-state index in [-0.39, 0.29) is 17.0 Å². The standard InChI is InChI=1S/C24H32N10O2S/c1-17-14-33(37(35,36)22-15-31(2)16-25-22)11-8-20(17)28-24-29-21-7-6-19(18-12-26-27-13-18)23(34(21)30-24)32-9-4-3-5-10-32/h6-7,12-13,15-17,20H,3-5,8-11,14H2,1-2H3,(H,26,27)(H,28,30)/t17-,20+/m1/s1. The summed E-state index contributed by atoms with van der Waals surface area (Å²) in [5.41, 5.74) is 2.86. The number of sulfonamides is 1. The molecular formula is C24H32N10O2S. The largest absolute Gasteiger partial charge is 0.356 e. The van der Waals surface area contributed by atoms with Crippen LogP contribution in [-0.4, -0.2) is 79.3 Å². The fourth-order valence-electron chi connectivity index (χ4n) is 5.39. The van der Waals surface area contributed by atoms with Crippen molar-refractivity contribution in [2.45, 2.75) is 43.7 Å². The molecule has 196 valence electrons. The highest BCUT2D eigenvalue weighted by Gasteiger charge is 2.35. The van der Waals surface area contributed by atoms with E-state index in [1.807, 2.05) is 23.0 Å². The molecule has 2 aliphatic rings. The molecule has 0 saturated carbocycles. The van der Waals surface area contributed by atoms with Gasteiger partial charge in [-0.1, -0.05) is 6.92 Å². The lowest BCUT2D eigenvalue weighted by atomic mass is 9.95. The maximum atomic E-state index is 13.0. The number of aromatic nitrogens is 7. The van der Waals surface area contributed by atoms with Crippen molar-refractivity contribution in [3.63, 3.8) is 0 Å². The van der Waals surface area contributed by atoms with Crippen LogP contribution >= 0.6 is 0 Å². The summed E-state index contributed by atoms with van der Waals surface area (Å²) in [5.74, 6) is 1.66. The summed E-state index contributed by atoms with van der Waals surface area (Å²) in [4.78, 5) is 11.2. The van der Waals surface area contributed by atoms with Crippen LogP contribution in [0.5, 0.6) is 0 Å². The van der Waals surface area contributed by atoms with Crippen molar-refractivity contribution >= 4 is 27.4 Å². The Balaban J connectivity index is 1.25. The number of hydrogen-bond acceptors (Lipinski definition) is 8. The SMILES string of the molecule is C[C@@H]1CN(S(=O)(=O)c2cn(C)cn2)CC[C@@H]1Nc1nc2ccc(-c3cn[nH]c3)c(N3CCCCC3)n2n1. The van der Waals surface area contributed by atoms with Crippen LogP contribution in [0.15, 0.2) is 42.1 Å². The van der Waals surface area contributed by atoms with Crippen molar-refractivity contribution in [1.29, 1.82) is 0 Å². The smallest absolute Gasteiger partial charge is 0.262 e. The Bertz CT molecular complexity index is 1490. The van der Waals surface area contributed by atoms with Crippen molar-refractivity contribution in [1.82, 2.24) is 38.7 Å². The van der Waals surface area contributed by atoms with Gasteiger partial charge in [0.1, 0.15) is 5.82 Å². The van der Waals surface area contributed by atoms with Gasteiger partial charge in [-0.3, -0.25) is 5.10 Å². The predicted octanol–water partition coefficient (Wildman–Crippen LogP) is 2.35. The van der Waals surface area contributed by atoms with Crippen molar-refractivity contribution in [2.75, 3.05) is 36.4 Å². The molecule has 0 aromatic carbocycles. The average molecular weight is 525 g/mol. The molecule has 37 heavy (non-hydrogen) atoms. The minimum Gasteiger partial charge on any atom is -0.356 e. The Morgan fingerprint density at radius 2 is 1.97 bits per heavy atom. The van der Waals surface area contributed by atoms with Crippen LogP contribution in [-0.2, 0) is 17.1 Å². The van der Waals surface area contributed by atoms with E-state index in [9.17, 15) is 8.42 Å². The highest BCUT2D eigenvalue weighted by molar-refractivity contribution is 7.89. The van der Waals surface area contributed by atoms with Gasteiger partial charge in [-0.25, -0.2) is 13.4 Å². The number of piperidine rings is 2. The van der Waals surface area contributed by atoms with Gasteiger partial charge in [0.15, 0.2) is 10.7 Å². The normalized spacial score (nSPS) is 21.5. The van der Waals surface area contributed by atoms with Gasteiger partial charge < -0.3 is 14.8 Å². The zero-order chi connectivity index (χ0) is 25.6. The number of fused-ring (bicyclic) bond motifs is 1. The van der Waals surface area contributed by atoms with Crippen LogP contribution in [0.4, 0.5) is 11.8 Å². The molecule has 12 nitrogen and oxygen atoms in total. The molecule has 6 rings (SSSR count). The number of hydrogen-bond donors (Lipinski definition) is 2. The first kappa shape index (κ1) is 23.9. The molecule has 0 amide bonds. The molecule has 0 unspecified atom stereocenters. The van der Waals surface area contributed by atoms with Gasteiger partial charge in [0.05, 0.1) is 12.5 Å². The Morgan fingerprint density at radius 1 is 1.14 bits per heavy atom. The lowest BCUT2D eigenvalue weighted by molar-refractivity contribution is 0.260. The lowest BCUT2D eigenvalue weighted by Gasteiger charge is -2.35. The fraction of sp³-hybridized carbons (Fsp3) is 0.500. The molecule has 2 fully saturated rings. The van der Waals surface area contributed by atoms with Crippen molar-refractivity contribution in [2.24, 2.45) is 13.0 Å². The molecule has 0 spiro atoms. The molecule has 4 aromatic heterocycles. The molecule has 2 aliphatic heterocycles. The van der Waals surface area contributed by atoms with Crippen LogP contribution in [0.3, 0.4) is 0 Å². The van der Waals surface area contributed by atoms with E-state index in [1.54, 1.807) is 17.8 Å². The topological polar surface area (TPSA) is 129 Å². The number of rotatable bonds is 6. The number of nitrogens with one attached hydrogen (secondary N) is 2. The van der Waals surface area contributed by atoms with Gasteiger partial charge >= 0.3 is 0 Å². The third kappa shape index (κ3) is 4.46. The van der Waals surface area contributed by atoms with E-state index < -0.39 is 10.0 Å². The number of anilines is 2. The Morgan fingerprint density at radius 3 is 2.68 bits per heavy atom. The maximum absolute atomic E-state index is 13.0. The Hall–Kier alpha value is -3.45. The third-order valence-electron chi connectivity index (χ3n) is 7.41. The van der Waals surface area contributed by atoms with Crippen LogP contribution in [0, 0.1) is 5.92 Å². The molecule has 2 saturated heterocycles. The molecule has 6 heterocycles. The van der Waals surface area contributed by atoms with Crippen LogP contribution in [0.2, 0.25) is 0 Å². The number of imidazole rings is 1. The monoisotopic (exact) mass is 524 g/mol. The zero-order valence-corrected chi connectivity index (χ0v) is 21.9. The Labute approximate surface area is 215 Å². The number of aromatic amines is 1. The van der Waals surface area contributed by atoms with Gasteiger partial charge in [-0.05, 0) is 43.7 Å². The third-order valence-corrected chi connectivity index (χ3v) is 9.16. The minimum atomic E-state index is -3.61. The highest BCUT2D eigenvalue weighted by Crippen LogP contribution is 2.33. The number of pyridine rings is 1. The molecular weight excluding hydrogens is 492 g/mol. The quantitative estimate of drug-likeness (QED) is 0.393. The molecule has 4 aromatic rings. The molecule has 0 aliphatic carbocycles. The van der Waals surface area contributed by atoms with E-state index in [1.165, 1.54) is 17.1 Å². The van der Waals surface area contributed by atoms with Crippen LogP contribution in [0.1, 0.15) is 32.6 Å². The van der Waals surface area contributed by atoms with E-state index in [2.05, 4.69) is 38.4 Å². The first-order chi connectivity index (χ1) is 17.9. The highest BCUT2D eigenvalue weighted by atomic mass is 32.2. The summed E-state index contributed by atoms with van der Waals surface area (Å²) >= 11 is 0. The summed E-state index contributed by atoms with van der Waals surface area (Å²) in [5, 5.41) is 15.5. The molecule has 0 bridgehead atoms. The van der Waals surface area contributed by atoms with Crippen LogP contribution < -0.4 is 10.2 Å². The Kier molecular flexibility index (Phi) is 6.11. The summed E-state index contributed by atoms with van der Waals surface area (Å²) in [6.45, 7) is 4.84. The number of aryl methyl sites for hydroxylation is 1. The maximum Gasteiger partial charge on any atom is 0.262 e. The van der Waals surface area contributed by atoms with Gasteiger partial charge in [-0.2, -0.15) is 18.9 Å². The minimum absolute atomic E-state index is 0.0550. The van der Waals surface area contributed by atoms with Crippen LogP contribution in [0.25, 0.3) is 16.8 Å². The summed E-state index contributed by atoms with van der Waals surface area (Å²) < 4.78 is 31.2. The van der Waals surface area contributed by atoms with Gasteiger partial charge in [0.2, 0.25) is 5.95 Å². The molecule has 2 N–H and O–H groups in total. The summed E-state index contributed by atoms with van der Waals surface area (Å²) in [6.07, 6.45) is 11.0. The second-order valence-electron chi connectivity index (χ2n) is 10.1. The van der Waals surface area contributed by atoms with Gasteiger partial charge in [0.25, 0.3) is 10.0 Å². The van der Waals surface area contributed by atoms with Gasteiger partial charge in [-0.15, -0.1) is 5.10 Å². The van der Waals surface area contributed by atoms with Gasteiger partial charge in [0, 0.05) is 62.8 Å². The first-order valence-electron chi connectivity index (χ1n) is 12.8. The van der Waals surface area contributed by atoms with Crippen molar-refractivity contribution in [3.05, 3.63) is 37.1 Å². The number of H-pyrrole nitrogens is 1. The first-order valence-corrected chi connectivity index (χ1v) is 14.2. The number of nitrogens with zero attached hydrogens (tertiary/aromatic N) is 8. The fourth-order valence-corrected chi connectivity index (χ4v) is 6.91. The second-order valence-corrected chi connectivity index (χ2v) is 12.0. The van der Waals surface area contributed by atoms with Crippen molar-refractivity contribution in [3.8, 4) is 11.1 Å². The summed E-state index contributed by atoms with van der Waals surface area (Å²) in [7, 11) is -1.84. The predicted molar refractivity (Wildman–Crippen MR) is 140 cm³/mol. The molecule has 2 atom stereocenters. The second kappa shape index (κ2) is 9.45.